The zero-order chi connectivity index (χ0) is 18.3. The van der Waals surface area contributed by atoms with Crippen LogP contribution >= 0.6 is 35.0 Å². The lowest BCUT2D eigenvalue weighted by Crippen LogP contribution is -2.28. The second kappa shape index (κ2) is 7.25. The van der Waals surface area contributed by atoms with Crippen molar-refractivity contribution in [2.24, 2.45) is 16.8 Å². The number of amides is 2. The Kier molecular flexibility index (Phi) is 4.99. The fourth-order valence-electron chi connectivity index (χ4n) is 3.61. The molecule has 4 atom stereocenters. The fraction of sp³-hybridized carbons (Fsp3) is 0.389. The molecule has 2 amide bonds. The Morgan fingerprint density at radius 1 is 1.31 bits per heavy atom. The highest BCUT2D eigenvalue weighted by molar-refractivity contribution is 8.15. The summed E-state index contributed by atoms with van der Waals surface area (Å²) < 4.78 is 0. The van der Waals surface area contributed by atoms with Crippen LogP contribution in [0, 0.1) is 11.8 Å². The van der Waals surface area contributed by atoms with Gasteiger partial charge in [-0.3, -0.25) is 14.6 Å². The van der Waals surface area contributed by atoms with E-state index >= 15 is 0 Å². The lowest BCUT2D eigenvalue weighted by molar-refractivity contribution is -0.122. The molecule has 2 aliphatic carbocycles. The van der Waals surface area contributed by atoms with Crippen molar-refractivity contribution < 1.29 is 9.59 Å². The number of nitrogens with zero attached hydrogens (tertiary/aromatic N) is 1. The molecule has 3 aliphatic rings. The van der Waals surface area contributed by atoms with Gasteiger partial charge in [0.1, 0.15) is 5.25 Å². The van der Waals surface area contributed by atoms with E-state index in [1.165, 1.54) is 11.8 Å². The molecule has 1 saturated heterocycles. The number of halogens is 2. The van der Waals surface area contributed by atoms with E-state index in [9.17, 15) is 9.59 Å². The normalized spacial score (nSPS) is 30.8. The second-order valence-electron chi connectivity index (χ2n) is 6.75. The Morgan fingerprint density at radius 3 is 2.88 bits per heavy atom. The van der Waals surface area contributed by atoms with E-state index in [1.54, 1.807) is 18.2 Å². The predicted octanol–water partition coefficient (Wildman–Crippen LogP) is 3.87. The first kappa shape index (κ1) is 17.9. The molecule has 4 rings (SSSR count). The third-order valence-corrected chi connectivity index (χ3v) is 6.54. The summed E-state index contributed by atoms with van der Waals surface area (Å²) in [5, 5.41) is 6.53. The molecule has 5 nitrogen and oxygen atoms in total. The van der Waals surface area contributed by atoms with Gasteiger partial charge in [-0.2, -0.15) is 0 Å². The number of aliphatic imine (C=N–C) groups is 1. The van der Waals surface area contributed by atoms with E-state index in [2.05, 4.69) is 22.8 Å². The molecule has 26 heavy (non-hydrogen) atoms. The Balaban J connectivity index is 1.36. The molecule has 8 heteroatoms. The monoisotopic (exact) mass is 409 g/mol. The predicted molar refractivity (Wildman–Crippen MR) is 106 cm³/mol. The van der Waals surface area contributed by atoms with Gasteiger partial charge >= 0.3 is 0 Å². The number of hydrogen-bond acceptors (Lipinski definition) is 4. The topological polar surface area (TPSA) is 70.6 Å². The number of allylic oxidation sites excluding steroid dienone is 1. The SMILES string of the molecule is O=C(C[C@@H]1SC(=N[C@H]2C[C@@H]3C=C[C@@H]2C3)NC1=O)Nc1cc(Cl)ccc1Cl. The number of amidine groups is 1. The summed E-state index contributed by atoms with van der Waals surface area (Å²) in [5.41, 5.74) is 0.440. The first-order valence-electron chi connectivity index (χ1n) is 8.46. The van der Waals surface area contributed by atoms with Crippen LogP contribution in [-0.4, -0.2) is 28.3 Å². The smallest absolute Gasteiger partial charge is 0.240 e. The van der Waals surface area contributed by atoms with Crippen LogP contribution in [0.2, 0.25) is 10.0 Å². The maximum Gasteiger partial charge on any atom is 0.240 e. The van der Waals surface area contributed by atoms with Crippen LogP contribution < -0.4 is 10.6 Å². The summed E-state index contributed by atoms with van der Waals surface area (Å²) in [7, 11) is 0. The number of carbonyl (C=O) groups is 2. The number of benzene rings is 1. The minimum atomic E-state index is -0.485. The Hall–Kier alpha value is -1.50. The van der Waals surface area contributed by atoms with Crippen molar-refractivity contribution >= 4 is 57.6 Å². The first-order chi connectivity index (χ1) is 12.5. The molecule has 0 radical (unpaired) electrons. The highest BCUT2D eigenvalue weighted by Gasteiger charge is 2.38. The minimum Gasteiger partial charge on any atom is -0.325 e. The third kappa shape index (κ3) is 3.77. The standard InChI is InChI=1S/C18H17Cl2N3O2S/c19-11-3-4-12(20)14(7-11)21-16(24)8-15-17(25)23-18(26-15)22-13-6-9-1-2-10(13)5-9/h1-4,7,9-10,13,15H,5-6,8H2,(H,21,24)(H,22,23,25)/t9-,10-,13+,15+/m1/s1. The molecule has 2 N–H and O–H groups in total. The van der Waals surface area contributed by atoms with E-state index in [1.807, 2.05) is 0 Å². The fourth-order valence-corrected chi connectivity index (χ4v) is 4.98. The largest absolute Gasteiger partial charge is 0.325 e. The highest BCUT2D eigenvalue weighted by atomic mass is 35.5. The molecular weight excluding hydrogens is 393 g/mol. The second-order valence-corrected chi connectivity index (χ2v) is 8.79. The summed E-state index contributed by atoms with van der Waals surface area (Å²) in [6.45, 7) is 0. The zero-order valence-electron chi connectivity index (χ0n) is 13.7. The molecule has 1 aromatic carbocycles. The van der Waals surface area contributed by atoms with Gasteiger partial charge < -0.3 is 10.6 Å². The first-order valence-corrected chi connectivity index (χ1v) is 10.1. The summed E-state index contributed by atoms with van der Waals surface area (Å²) in [5.74, 6) is 0.642. The number of fused-ring (bicyclic) bond motifs is 2. The molecule has 1 heterocycles. The summed E-state index contributed by atoms with van der Waals surface area (Å²) in [4.78, 5) is 29.2. The minimum absolute atomic E-state index is 0.0506. The van der Waals surface area contributed by atoms with Gasteiger partial charge in [0.15, 0.2) is 5.17 Å². The molecule has 1 saturated carbocycles. The highest BCUT2D eigenvalue weighted by Crippen LogP contribution is 2.41. The summed E-state index contributed by atoms with van der Waals surface area (Å²) in [6, 6.07) is 5.09. The lowest BCUT2D eigenvalue weighted by Gasteiger charge is -2.13. The van der Waals surface area contributed by atoms with Crippen molar-refractivity contribution in [3.63, 3.8) is 0 Å². The quantitative estimate of drug-likeness (QED) is 0.741. The van der Waals surface area contributed by atoms with Crippen LogP contribution in [0.3, 0.4) is 0 Å². The van der Waals surface area contributed by atoms with Crippen LogP contribution in [0.15, 0.2) is 35.3 Å². The maximum absolute atomic E-state index is 12.3. The van der Waals surface area contributed by atoms with Crippen molar-refractivity contribution in [2.75, 3.05) is 5.32 Å². The average molecular weight is 410 g/mol. The lowest BCUT2D eigenvalue weighted by atomic mass is 10.0. The molecular formula is C18H17Cl2N3O2S. The zero-order valence-corrected chi connectivity index (χ0v) is 16.1. The van der Waals surface area contributed by atoms with Gasteiger partial charge in [-0.25, -0.2) is 0 Å². The number of nitrogens with one attached hydrogen (secondary N) is 2. The molecule has 0 unspecified atom stereocenters. The van der Waals surface area contributed by atoms with Crippen LogP contribution in [0.5, 0.6) is 0 Å². The van der Waals surface area contributed by atoms with Gasteiger partial charge in [0.2, 0.25) is 11.8 Å². The van der Waals surface area contributed by atoms with Crippen LogP contribution in [0.25, 0.3) is 0 Å². The van der Waals surface area contributed by atoms with Crippen molar-refractivity contribution in [3.05, 3.63) is 40.4 Å². The van der Waals surface area contributed by atoms with E-state index in [-0.39, 0.29) is 24.3 Å². The van der Waals surface area contributed by atoms with Crippen molar-refractivity contribution in [1.29, 1.82) is 0 Å². The number of rotatable bonds is 4. The molecule has 1 aromatic rings. The van der Waals surface area contributed by atoms with Crippen LogP contribution in [0.1, 0.15) is 19.3 Å². The van der Waals surface area contributed by atoms with Gasteiger partial charge in [-0.1, -0.05) is 47.1 Å². The van der Waals surface area contributed by atoms with Crippen molar-refractivity contribution in [2.45, 2.75) is 30.6 Å². The molecule has 0 aromatic heterocycles. The van der Waals surface area contributed by atoms with Gasteiger partial charge in [0, 0.05) is 11.4 Å². The average Bonchev–Trinajstić information content (AvgIpc) is 3.28. The van der Waals surface area contributed by atoms with Gasteiger partial charge in [0.05, 0.1) is 16.8 Å². The summed E-state index contributed by atoms with van der Waals surface area (Å²) in [6.07, 6.45) is 6.74. The molecule has 136 valence electrons. The molecule has 2 fully saturated rings. The van der Waals surface area contributed by atoms with Crippen LogP contribution in [-0.2, 0) is 9.59 Å². The molecule has 0 spiro atoms. The number of carbonyl (C=O) groups excluding carboxylic acids is 2. The molecule has 1 aliphatic heterocycles. The third-order valence-electron chi connectivity index (χ3n) is 4.88. The number of thioether (sulfide) groups is 1. The van der Waals surface area contributed by atoms with Gasteiger partial charge in [0.25, 0.3) is 0 Å². The summed E-state index contributed by atoms with van der Waals surface area (Å²) >= 11 is 13.3. The maximum atomic E-state index is 12.3. The molecule has 2 bridgehead atoms. The van der Waals surface area contributed by atoms with E-state index in [0.29, 0.717) is 32.7 Å². The van der Waals surface area contributed by atoms with Gasteiger partial charge in [-0.15, -0.1) is 0 Å². The number of hydrogen-bond donors (Lipinski definition) is 2. The van der Waals surface area contributed by atoms with E-state index in [4.69, 9.17) is 28.2 Å². The Bertz CT molecular complexity index is 827. The van der Waals surface area contributed by atoms with Gasteiger partial charge in [-0.05, 0) is 42.9 Å². The number of anilines is 1. The Morgan fingerprint density at radius 2 is 2.15 bits per heavy atom. The van der Waals surface area contributed by atoms with Crippen molar-refractivity contribution in [3.8, 4) is 0 Å². The van der Waals surface area contributed by atoms with Crippen molar-refractivity contribution in [1.82, 2.24) is 5.32 Å². The Labute approximate surface area is 165 Å². The van der Waals surface area contributed by atoms with E-state index < -0.39 is 5.25 Å². The van der Waals surface area contributed by atoms with Crippen LogP contribution in [0.4, 0.5) is 5.69 Å². The van der Waals surface area contributed by atoms with E-state index in [0.717, 1.165) is 12.8 Å².